The van der Waals surface area contributed by atoms with Crippen molar-refractivity contribution in [3.63, 3.8) is 0 Å². The molecule has 7 heteroatoms. The second-order valence-corrected chi connectivity index (χ2v) is 9.55. The quantitative estimate of drug-likeness (QED) is 0.153. The minimum Gasteiger partial charge on any atom is -0.480 e. The molecule has 0 aliphatic carbocycles. The highest BCUT2D eigenvalue weighted by Gasteiger charge is 2.17. The predicted octanol–water partition coefficient (Wildman–Crippen LogP) is 6.09. The van der Waals surface area contributed by atoms with Crippen LogP contribution in [-0.4, -0.2) is 28.8 Å². The molecule has 36 heavy (non-hydrogen) atoms. The smallest absolute Gasteiger partial charge is 0.327 e. The van der Waals surface area contributed by atoms with Gasteiger partial charge >= 0.3 is 5.97 Å². The summed E-state index contributed by atoms with van der Waals surface area (Å²) in [5.41, 5.74) is 12.6. The van der Waals surface area contributed by atoms with Crippen LogP contribution in [0.1, 0.15) is 5.56 Å². The summed E-state index contributed by atoms with van der Waals surface area (Å²) < 4.78 is 6.19. The van der Waals surface area contributed by atoms with Crippen LogP contribution in [0.5, 0.6) is 0 Å². The van der Waals surface area contributed by atoms with Crippen LogP contribution in [0.3, 0.4) is 0 Å². The van der Waals surface area contributed by atoms with Crippen molar-refractivity contribution in [3.8, 4) is 22.3 Å². The number of furan rings is 1. The summed E-state index contributed by atoms with van der Waals surface area (Å²) in [6.45, 7) is 0. The minimum absolute atomic E-state index is 0.316. The molecule has 0 radical (unpaired) electrons. The molecule has 0 saturated heterocycles. The lowest BCUT2D eigenvalue weighted by Gasteiger charge is -2.13. The van der Waals surface area contributed by atoms with E-state index >= 15 is 0 Å². The van der Waals surface area contributed by atoms with Gasteiger partial charge in [0.15, 0.2) is 5.96 Å². The first-order valence-electron chi connectivity index (χ1n) is 11.5. The average Bonchev–Trinajstić information content (AvgIpc) is 3.27. The third-order valence-electron chi connectivity index (χ3n) is 6.07. The maximum Gasteiger partial charge on any atom is 0.327 e. The maximum atomic E-state index is 11.3. The number of fused-ring (bicyclic) bond motifs is 3. The number of hydrogen-bond acceptors (Lipinski definition) is 4. The molecule has 1 heterocycles. The van der Waals surface area contributed by atoms with Crippen LogP contribution in [0, 0.1) is 5.41 Å². The van der Waals surface area contributed by atoms with E-state index in [9.17, 15) is 9.90 Å². The van der Waals surface area contributed by atoms with Crippen LogP contribution < -0.4 is 11.1 Å². The van der Waals surface area contributed by atoms with E-state index in [0.717, 1.165) is 49.8 Å². The number of nitrogens with one attached hydrogen (secondary N) is 2. The lowest BCUT2D eigenvalue weighted by Crippen LogP contribution is -2.45. The Morgan fingerprint density at radius 2 is 1.53 bits per heavy atom. The molecule has 0 unspecified atom stereocenters. The fourth-order valence-electron chi connectivity index (χ4n) is 4.27. The molecular formula is C29H25N3O3S. The van der Waals surface area contributed by atoms with E-state index in [1.54, 1.807) is 0 Å². The van der Waals surface area contributed by atoms with Crippen molar-refractivity contribution in [2.75, 3.05) is 5.75 Å². The van der Waals surface area contributed by atoms with E-state index in [4.69, 9.17) is 15.6 Å². The number of benzene rings is 4. The van der Waals surface area contributed by atoms with Crippen LogP contribution in [0.2, 0.25) is 0 Å². The lowest BCUT2D eigenvalue weighted by molar-refractivity contribution is -0.138. The van der Waals surface area contributed by atoms with E-state index in [1.165, 1.54) is 11.8 Å². The van der Waals surface area contributed by atoms with Crippen molar-refractivity contribution in [2.45, 2.75) is 11.8 Å². The van der Waals surface area contributed by atoms with Crippen LogP contribution in [0.4, 0.5) is 0 Å². The summed E-state index contributed by atoms with van der Waals surface area (Å²) >= 11 is 1.48. The molecule has 0 saturated carbocycles. The van der Waals surface area contributed by atoms with Gasteiger partial charge in [-0.3, -0.25) is 5.41 Å². The summed E-state index contributed by atoms with van der Waals surface area (Å²) in [6.07, 6.45) is 0. The third-order valence-corrected chi connectivity index (χ3v) is 7.18. The molecule has 0 bridgehead atoms. The average molecular weight is 496 g/mol. The molecule has 1 aromatic heterocycles. The van der Waals surface area contributed by atoms with Gasteiger partial charge in [0.25, 0.3) is 0 Å². The van der Waals surface area contributed by atoms with Crippen molar-refractivity contribution in [2.24, 2.45) is 5.73 Å². The number of guanidine groups is 1. The van der Waals surface area contributed by atoms with Crippen LogP contribution >= 0.6 is 11.8 Å². The summed E-state index contributed by atoms with van der Waals surface area (Å²) in [7, 11) is 0. The zero-order chi connectivity index (χ0) is 25.1. The highest BCUT2D eigenvalue weighted by Crippen LogP contribution is 2.36. The third kappa shape index (κ3) is 4.92. The molecular weight excluding hydrogens is 470 g/mol. The number of carboxylic acid groups (broad SMARTS) is 1. The Morgan fingerprint density at radius 1 is 0.889 bits per heavy atom. The van der Waals surface area contributed by atoms with Gasteiger partial charge < -0.3 is 20.6 Å². The SMILES string of the molecule is N=C(N)N[C@@H](CSCc1ccc(-c2ccc(-c3cccc4c3oc3ccccc34)cc2)cc1)C(=O)O. The molecule has 0 amide bonds. The zero-order valence-electron chi connectivity index (χ0n) is 19.4. The Bertz CT molecular complexity index is 1540. The molecule has 5 aromatic rings. The standard InChI is InChI=1S/C29H25N3O3S/c30-29(31)32-25(28(33)34)17-36-16-18-8-10-19(11-9-18)20-12-14-21(15-13-20)22-5-3-6-24-23-4-1-2-7-26(23)35-27(22)24/h1-15,25H,16-17H2,(H,33,34)(H4,30,31,32)/t25-/m0/s1. The van der Waals surface area contributed by atoms with Crippen molar-refractivity contribution in [1.29, 1.82) is 5.41 Å². The first-order valence-corrected chi connectivity index (χ1v) is 12.7. The molecule has 0 spiro atoms. The first-order chi connectivity index (χ1) is 17.5. The molecule has 0 fully saturated rings. The number of carbonyl (C=O) groups is 1. The normalized spacial score (nSPS) is 12.0. The monoisotopic (exact) mass is 495 g/mol. The van der Waals surface area contributed by atoms with Gasteiger partial charge in [-0.15, -0.1) is 0 Å². The fourth-order valence-corrected chi connectivity index (χ4v) is 5.27. The minimum atomic E-state index is -1.02. The molecule has 6 nitrogen and oxygen atoms in total. The Kier molecular flexibility index (Phi) is 6.64. The van der Waals surface area contributed by atoms with Gasteiger partial charge in [-0.25, -0.2) is 4.79 Å². The Morgan fingerprint density at radius 3 is 2.22 bits per heavy atom. The second kappa shape index (κ2) is 10.2. The van der Waals surface area contributed by atoms with Crippen LogP contribution in [0.25, 0.3) is 44.2 Å². The second-order valence-electron chi connectivity index (χ2n) is 8.52. The summed E-state index contributed by atoms with van der Waals surface area (Å²) in [5.74, 6) is -0.374. The van der Waals surface area contributed by atoms with E-state index in [-0.39, 0.29) is 5.96 Å². The Hall–Kier alpha value is -4.23. The van der Waals surface area contributed by atoms with E-state index in [2.05, 4.69) is 78.1 Å². The fraction of sp³-hybridized carbons (Fsp3) is 0.103. The summed E-state index contributed by atoms with van der Waals surface area (Å²) in [4.78, 5) is 11.3. The van der Waals surface area contributed by atoms with Gasteiger partial charge in [-0.1, -0.05) is 84.9 Å². The van der Waals surface area contributed by atoms with Gasteiger partial charge in [-0.2, -0.15) is 11.8 Å². The highest BCUT2D eigenvalue weighted by atomic mass is 32.2. The molecule has 0 aliphatic heterocycles. The number of thioether (sulfide) groups is 1. The van der Waals surface area contributed by atoms with Crippen molar-refractivity contribution >= 4 is 45.6 Å². The van der Waals surface area contributed by atoms with Crippen molar-refractivity contribution in [1.82, 2.24) is 5.32 Å². The van der Waals surface area contributed by atoms with E-state index in [1.807, 2.05) is 18.2 Å². The number of rotatable bonds is 8. The molecule has 5 rings (SSSR count). The number of aliphatic carboxylic acids is 1. The number of carboxylic acids is 1. The molecule has 5 N–H and O–H groups in total. The molecule has 1 atom stereocenters. The summed E-state index contributed by atoms with van der Waals surface area (Å²) in [6, 6.07) is 30.2. The first kappa shape index (κ1) is 23.5. The van der Waals surface area contributed by atoms with E-state index < -0.39 is 12.0 Å². The van der Waals surface area contributed by atoms with Crippen molar-refractivity contribution in [3.05, 3.63) is 96.6 Å². The molecule has 4 aromatic carbocycles. The molecule has 180 valence electrons. The summed E-state index contributed by atoms with van der Waals surface area (Å²) in [5, 5.41) is 21.2. The maximum absolute atomic E-state index is 11.3. The number of hydrogen-bond donors (Lipinski definition) is 4. The van der Waals surface area contributed by atoms with Gasteiger partial charge in [-0.05, 0) is 28.3 Å². The van der Waals surface area contributed by atoms with Gasteiger partial charge in [0.1, 0.15) is 17.2 Å². The lowest BCUT2D eigenvalue weighted by atomic mass is 9.98. The van der Waals surface area contributed by atoms with Gasteiger partial charge in [0.05, 0.1) is 0 Å². The van der Waals surface area contributed by atoms with Gasteiger partial charge in [0, 0.05) is 27.8 Å². The van der Waals surface area contributed by atoms with E-state index in [0.29, 0.717) is 11.5 Å². The number of para-hydroxylation sites is 2. The number of nitrogens with two attached hydrogens (primary N) is 1. The predicted molar refractivity (Wildman–Crippen MR) is 147 cm³/mol. The molecule has 0 aliphatic rings. The Balaban J connectivity index is 1.29. The van der Waals surface area contributed by atoms with Gasteiger partial charge in [0.2, 0.25) is 0 Å². The largest absolute Gasteiger partial charge is 0.480 e. The van der Waals surface area contributed by atoms with Crippen molar-refractivity contribution < 1.29 is 14.3 Å². The van der Waals surface area contributed by atoms with Crippen LogP contribution in [0.15, 0.2) is 95.4 Å². The Labute approximate surface area is 212 Å². The van der Waals surface area contributed by atoms with Crippen LogP contribution in [-0.2, 0) is 10.5 Å². The zero-order valence-corrected chi connectivity index (χ0v) is 20.2. The topological polar surface area (TPSA) is 112 Å². The highest BCUT2D eigenvalue weighted by molar-refractivity contribution is 7.98.